The summed E-state index contributed by atoms with van der Waals surface area (Å²) in [7, 11) is 1.34. The first kappa shape index (κ1) is 19.9. The molecule has 1 heterocycles. The summed E-state index contributed by atoms with van der Waals surface area (Å²) in [6.45, 7) is 2.05. The first-order chi connectivity index (χ1) is 13.5. The van der Waals surface area contributed by atoms with Crippen LogP contribution in [0.1, 0.15) is 0 Å². The number of nitrogens with zero attached hydrogens (tertiary/aromatic N) is 2. The molecule has 7 heteroatoms. The molecular formula is C21H25N3O4. The quantitative estimate of drug-likeness (QED) is 0.698. The monoisotopic (exact) mass is 383 g/mol. The van der Waals surface area contributed by atoms with Crippen LogP contribution in [-0.4, -0.2) is 72.4 Å². The molecule has 0 bridgehead atoms. The number of carbonyl (C=O) groups excluding carboxylic acids is 2. The molecule has 1 saturated heterocycles. The zero-order valence-corrected chi connectivity index (χ0v) is 15.8. The smallest absolute Gasteiger partial charge is 0.254 e. The van der Waals surface area contributed by atoms with E-state index in [4.69, 9.17) is 0 Å². The second-order valence-corrected chi connectivity index (χ2v) is 6.73. The van der Waals surface area contributed by atoms with E-state index in [0.29, 0.717) is 26.2 Å². The molecule has 7 nitrogen and oxygen atoms in total. The minimum Gasteiger partial charge on any atom is -0.380 e. The van der Waals surface area contributed by atoms with Gasteiger partial charge in [0.2, 0.25) is 0 Å². The molecule has 1 aliphatic rings. The summed E-state index contributed by atoms with van der Waals surface area (Å²) in [5, 5.41) is 21.9. The lowest BCUT2D eigenvalue weighted by Crippen LogP contribution is -2.55. The molecule has 2 atom stereocenters. The lowest BCUT2D eigenvalue weighted by molar-refractivity contribution is -0.153. The lowest BCUT2D eigenvalue weighted by Gasteiger charge is -2.37. The molecule has 2 aromatic rings. The lowest BCUT2D eigenvalue weighted by atomic mass is 10.1. The first-order valence-electron chi connectivity index (χ1n) is 9.28. The minimum atomic E-state index is -1.76. The zero-order chi connectivity index (χ0) is 20.1. The summed E-state index contributed by atoms with van der Waals surface area (Å²) in [5.41, 5.74) is 3.37. The SMILES string of the molecule is CNC(=O)[C@H](O)[C@@H](O)C(=O)N1CCN(c2ccc(-c3ccccc3)cc2)CC1. The highest BCUT2D eigenvalue weighted by Crippen LogP contribution is 2.24. The highest BCUT2D eigenvalue weighted by Gasteiger charge is 2.34. The highest BCUT2D eigenvalue weighted by atomic mass is 16.3. The fourth-order valence-electron chi connectivity index (χ4n) is 3.29. The number of hydrogen-bond acceptors (Lipinski definition) is 5. The Morgan fingerprint density at radius 3 is 2.00 bits per heavy atom. The van der Waals surface area contributed by atoms with Crippen LogP contribution in [0.2, 0.25) is 0 Å². The second-order valence-electron chi connectivity index (χ2n) is 6.73. The minimum absolute atomic E-state index is 0.413. The van der Waals surface area contributed by atoms with Crippen molar-refractivity contribution in [3.05, 3.63) is 54.6 Å². The van der Waals surface area contributed by atoms with E-state index in [1.54, 1.807) is 0 Å². The Kier molecular flexibility index (Phi) is 6.28. The molecule has 2 aromatic carbocycles. The van der Waals surface area contributed by atoms with Crippen LogP contribution in [0.5, 0.6) is 0 Å². The van der Waals surface area contributed by atoms with E-state index < -0.39 is 24.0 Å². The maximum atomic E-state index is 12.3. The number of piperazine rings is 1. The fraction of sp³-hybridized carbons (Fsp3) is 0.333. The van der Waals surface area contributed by atoms with Crippen molar-refractivity contribution < 1.29 is 19.8 Å². The van der Waals surface area contributed by atoms with E-state index in [0.717, 1.165) is 16.8 Å². The molecular weight excluding hydrogens is 358 g/mol. The Morgan fingerprint density at radius 2 is 1.43 bits per heavy atom. The normalized spacial score (nSPS) is 16.4. The number of benzene rings is 2. The van der Waals surface area contributed by atoms with Gasteiger partial charge in [0.15, 0.2) is 12.2 Å². The predicted molar refractivity (Wildman–Crippen MR) is 107 cm³/mol. The van der Waals surface area contributed by atoms with Gasteiger partial charge in [-0.1, -0.05) is 42.5 Å². The molecule has 0 spiro atoms. The second kappa shape index (κ2) is 8.86. The van der Waals surface area contributed by atoms with Crippen LogP contribution in [0.3, 0.4) is 0 Å². The first-order valence-corrected chi connectivity index (χ1v) is 9.28. The van der Waals surface area contributed by atoms with Gasteiger partial charge in [-0.25, -0.2) is 0 Å². The van der Waals surface area contributed by atoms with Crippen molar-refractivity contribution in [3.63, 3.8) is 0 Å². The third-order valence-corrected chi connectivity index (χ3v) is 5.00. The summed E-state index contributed by atoms with van der Waals surface area (Å²) in [5.74, 6) is -1.41. The average molecular weight is 383 g/mol. The summed E-state index contributed by atoms with van der Waals surface area (Å²) in [6.07, 6.45) is -3.52. The maximum Gasteiger partial charge on any atom is 0.254 e. The summed E-state index contributed by atoms with van der Waals surface area (Å²) in [4.78, 5) is 27.4. The number of aliphatic hydroxyl groups is 2. The third kappa shape index (κ3) is 4.32. The Balaban J connectivity index is 1.58. The van der Waals surface area contributed by atoms with Crippen molar-refractivity contribution in [2.75, 3.05) is 38.1 Å². The largest absolute Gasteiger partial charge is 0.380 e. The molecule has 28 heavy (non-hydrogen) atoms. The van der Waals surface area contributed by atoms with Gasteiger partial charge in [0.25, 0.3) is 11.8 Å². The van der Waals surface area contributed by atoms with Crippen molar-refractivity contribution in [2.45, 2.75) is 12.2 Å². The average Bonchev–Trinajstić information content (AvgIpc) is 2.78. The molecule has 0 aliphatic carbocycles. The number of rotatable bonds is 5. The summed E-state index contributed by atoms with van der Waals surface area (Å²) >= 11 is 0. The van der Waals surface area contributed by atoms with Crippen LogP contribution < -0.4 is 10.2 Å². The number of hydrogen-bond donors (Lipinski definition) is 3. The van der Waals surface area contributed by atoms with Gasteiger partial charge in [0.05, 0.1) is 0 Å². The zero-order valence-electron chi connectivity index (χ0n) is 15.8. The Labute approximate surface area is 164 Å². The van der Waals surface area contributed by atoms with Gasteiger partial charge in [0.1, 0.15) is 0 Å². The van der Waals surface area contributed by atoms with Crippen molar-refractivity contribution in [1.29, 1.82) is 0 Å². The Morgan fingerprint density at radius 1 is 0.857 bits per heavy atom. The molecule has 0 saturated carbocycles. The molecule has 0 aromatic heterocycles. The van der Waals surface area contributed by atoms with Gasteiger partial charge < -0.3 is 25.3 Å². The molecule has 3 N–H and O–H groups in total. The standard InChI is InChI=1S/C21H25N3O4/c1-22-20(27)18(25)19(26)21(28)24-13-11-23(12-14-24)17-9-7-16(8-10-17)15-5-3-2-4-6-15/h2-10,18-19,25-26H,11-14H2,1H3,(H,22,27)/t18-,19-/m1/s1. The molecule has 3 rings (SSSR count). The van der Waals surface area contributed by atoms with Crippen LogP contribution in [0.4, 0.5) is 5.69 Å². The number of nitrogens with one attached hydrogen (secondary N) is 1. The molecule has 1 aliphatic heterocycles. The number of likely N-dealkylation sites (N-methyl/N-ethyl adjacent to an activating group) is 1. The van der Waals surface area contributed by atoms with Crippen molar-refractivity contribution in [1.82, 2.24) is 10.2 Å². The number of carbonyl (C=O) groups is 2. The van der Waals surface area contributed by atoms with E-state index in [1.807, 2.05) is 18.2 Å². The van der Waals surface area contributed by atoms with Crippen LogP contribution >= 0.6 is 0 Å². The van der Waals surface area contributed by atoms with Gasteiger partial charge in [-0.3, -0.25) is 9.59 Å². The van der Waals surface area contributed by atoms with Crippen molar-refractivity contribution >= 4 is 17.5 Å². The molecule has 0 unspecified atom stereocenters. The number of amides is 2. The maximum absolute atomic E-state index is 12.3. The van der Waals surface area contributed by atoms with Gasteiger partial charge >= 0.3 is 0 Å². The van der Waals surface area contributed by atoms with Crippen molar-refractivity contribution in [2.24, 2.45) is 0 Å². The van der Waals surface area contributed by atoms with E-state index in [9.17, 15) is 19.8 Å². The highest BCUT2D eigenvalue weighted by molar-refractivity contribution is 5.90. The topological polar surface area (TPSA) is 93.1 Å². The predicted octanol–water partition coefficient (Wildman–Crippen LogP) is 0.470. The van der Waals surface area contributed by atoms with Crippen LogP contribution in [-0.2, 0) is 9.59 Å². The molecule has 0 radical (unpaired) electrons. The number of aliphatic hydroxyl groups excluding tert-OH is 2. The van der Waals surface area contributed by atoms with E-state index in [-0.39, 0.29) is 0 Å². The van der Waals surface area contributed by atoms with Crippen LogP contribution in [0, 0.1) is 0 Å². The number of anilines is 1. The Hall–Kier alpha value is -2.90. The van der Waals surface area contributed by atoms with Crippen LogP contribution in [0.15, 0.2) is 54.6 Å². The van der Waals surface area contributed by atoms with Crippen molar-refractivity contribution in [3.8, 4) is 11.1 Å². The fourth-order valence-corrected chi connectivity index (χ4v) is 3.29. The van der Waals surface area contributed by atoms with Gasteiger partial charge in [0, 0.05) is 38.9 Å². The van der Waals surface area contributed by atoms with E-state index in [1.165, 1.54) is 11.9 Å². The van der Waals surface area contributed by atoms with Gasteiger partial charge in [-0.2, -0.15) is 0 Å². The summed E-state index contributed by atoms with van der Waals surface area (Å²) < 4.78 is 0. The van der Waals surface area contributed by atoms with E-state index in [2.05, 4.69) is 46.6 Å². The molecule has 1 fully saturated rings. The molecule has 2 amide bonds. The Bertz CT molecular complexity index is 802. The molecule has 148 valence electrons. The van der Waals surface area contributed by atoms with Crippen LogP contribution in [0.25, 0.3) is 11.1 Å². The van der Waals surface area contributed by atoms with Gasteiger partial charge in [-0.05, 0) is 23.3 Å². The van der Waals surface area contributed by atoms with E-state index >= 15 is 0 Å². The third-order valence-electron chi connectivity index (χ3n) is 5.00. The van der Waals surface area contributed by atoms with Gasteiger partial charge in [-0.15, -0.1) is 0 Å². The summed E-state index contributed by atoms with van der Waals surface area (Å²) in [6, 6.07) is 18.4.